The van der Waals surface area contributed by atoms with Crippen molar-refractivity contribution in [3.63, 3.8) is 0 Å². The van der Waals surface area contributed by atoms with Crippen molar-refractivity contribution in [3.05, 3.63) is 0 Å². The van der Waals surface area contributed by atoms with Crippen molar-refractivity contribution in [2.24, 2.45) is 5.73 Å². The Labute approximate surface area is 93.7 Å². The van der Waals surface area contributed by atoms with E-state index >= 15 is 0 Å². The van der Waals surface area contributed by atoms with E-state index in [1.807, 2.05) is 0 Å². The summed E-state index contributed by atoms with van der Waals surface area (Å²) < 4.78 is 5.14. The predicted molar refractivity (Wildman–Crippen MR) is 55.4 cm³/mol. The van der Waals surface area contributed by atoms with Gasteiger partial charge in [0.1, 0.15) is 13.3 Å². The zero-order chi connectivity index (χ0) is 12.0. The number of ether oxygens (including phenoxy) is 1. The Kier molecular flexibility index (Phi) is 5.00. The van der Waals surface area contributed by atoms with Crippen molar-refractivity contribution in [1.29, 1.82) is 0 Å². The van der Waals surface area contributed by atoms with Gasteiger partial charge in [0.2, 0.25) is 5.91 Å². The third-order valence-corrected chi connectivity index (χ3v) is 2.22. The van der Waals surface area contributed by atoms with Crippen molar-refractivity contribution < 1.29 is 19.4 Å². The number of carbonyl (C=O) groups is 2. The topological polar surface area (TPSA) is 96.1 Å². The molecule has 1 aliphatic rings. The van der Waals surface area contributed by atoms with Crippen LogP contribution in [0.5, 0.6) is 0 Å². The van der Waals surface area contributed by atoms with Gasteiger partial charge >= 0.3 is 6.03 Å². The van der Waals surface area contributed by atoms with Crippen LogP contribution >= 0.6 is 0 Å². The Balaban J connectivity index is 2.54. The summed E-state index contributed by atoms with van der Waals surface area (Å²) >= 11 is 0. The van der Waals surface area contributed by atoms with Crippen LogP contribution in [-0.4, -0.2) is 66.4 Å². The van der Waals surface area contributed by atoms with Crippen molar-refractivity contribution in [2.45, 2.75) is 6.42 Å². The first-order valence-electron chi connectivity index (χ1n) is 5.16. The average Bonchev–Trinajstić information content (AvgIpc) is 2.28. The maximum atomic E-state index is 11.9. The molecular weight excluding hydrogens is 214 g/mol. The Hall–Kier alpha value is -1.34. The number of nitrogens with zero attached hydrogens (tertiary/aromatic N) is 2. The van der Waals surface area contributed by atoms with Crippen molar-refractivity contribution in [1.82, 2.24) is 9.80 Å². The lowest BCUT2D eigenvalue weighted by Crippen LogP contribution is -2.50. The fourth-order valence-corrected chi connectivity index (χ4v) is 1.50. The van der Waals surface area contributed by atoms with E-state index in [1.165, 1.54) is 9.80 Å². The molecule has 0 unspecified atom stereocenters. The second kappa shape index (κ2) is 6.29. The van der Waals surface area contributed by atoms with Gasteiger partial charge in [-0.25, -0.2) is 4.79 Å². The van der Waals surface area contributed by atoms with Crippen LogP contribution < -0.4 is 5.73 Å². The van der Waals surface area contributed by atoms with Crippen molar-refractivity contribution >= 4 is 11.9 Å². The van der Waals surface area contributed by atoms with E-state index in [4.69, 9.17) is 15.6 Å². The SMILES string of the molecule is NC(=O)CN(CCO)C(=O)N1CCCOC1. The summed E-state index contributed by atoms with van der Waals surface area (Å²) in [6.07, 6.45) is 0.773. The molecule has 1 heterocycles. The van der Waals surface area contributed by atoms with Gasteiger partial charge in [-0.15, -0.1) is 0 Å². The van der Waals surface area contributed by atoms with Crippen LogP contribution in [0.4, 0.5) is 4.79 Å². The summed E-state index contributed by atoms with van der Waals surface area (Å²) in [5.74, 6) is -0.597. The molecule has 0 spiro atoms. The van der Waals surface area contributed by atoms with Gasteiger partial charge in [-0.3, -0.25) is 4.79 Å². The maximum Gasteiger partial charge on any atom is 0.322 e. The molecule has 0 bridgehead atoms. The third kappa shape index (κ3) is 3.67. The molecule has 92 valence electrons. The number of rotatable bonds is 4. The van der Waals surface area contributed by atoms with E-state index in [2.05, 4.69) is 0 Å². The third-order valence-electron chi connectivity index (χ3n) is 2.22. The predicted octanol–water partition coefficient (Wildman–Crippen LogP) is -1.43. The van der Waals surface area contributed by atoms with E-state index in [9.17, 15) is 9.59 Å². The lowest BCUT2D eigenvalue weighted by molar-refractivity contribution is -0.119. The first kappa shape index (κ1) is 12.7. The van der Waals surface area contributed by atoms with Crippen LogP contribution in [0.3, 0.4) is 0 Å². The fraction of sp³-hybridized carbons (Fsp3) is 0.778. The normalized spacial score (nSPS) is 15.9. The Morgan fingerprint density at radius 1 is 1.50 bits per heavy atom. The van der Waals surface area contributed by atoms with Gasteiger partial charge in [0.05, 0.1) is 13.2 Å². The van der Waals surface area contributed by atoms with Gasteiger partial charge in [0.15, 0.2) is 0 Å². The quantitative estimate of drug-likeness (QED) is 0.619. The Bertz CT molecular complexity index is 253. The number of amides is 3. The minimum absolute atomic E-state index is 0.0955. The molecule has 7 heteroatoms. The van der Waals surface area contributed by atoms with Crippen LogP contribution in [0.25, 0.3) is 0 Å². The van der Waals surface area contributed by atoms with Crippen LogP contribution in [0.2, 0.25) is 0 Å². The zero-order valence-electron chi connectivity index (χ0n) is 9.09. The molecule has 0 aliphatic carbocycles. The van der Waals surface area contributed by atoms with Crippen LogP contribution in [0, 0.1) is 0 Å². The molecule has 3 N–H and O–H groups in total. The first-order chi connectivity index (χ1) is 7.65. The number of urea groups is 1. The molecule has 1 saturated heterocycles. The second-order valence-electron chi connectivity index (χ2n) is 3.55. The van der Waals surface area contributed by atoms with Crippen LogP contribution in [0.15, 0.2) is 0 Å². The summed E-state index contributed by atoms with van der Waals surface area (Å²) in [6.45, 7) is 1.17. The molecule has 0 atom stereocenters. The number of primary amides is 1. The van der Waals surface area contributed by atoms with E-state index in [-0.39, 0.29) is 32.5 Å². The number of aliphatic hydroxyl groups is 1. The average molecular weight is 231 g/mol. The van der Waals surface area contributed by atoms with Crippen molar-refractivity contribution in [2.75, 3.05) is 39.6 Å². The van der Waals surface area contributed by atoms with E-state index in [0.29, 0.717) is 13.2 Å². The molecular formula is C9H17N3O4. The lowest BCUT2D eigenvalue weighted by Gasteiger charge is -2.31. The molecule has 0 aromatic carbocycles. The number of carbonyl (C=O) groups excluding carboxylic acids is 2. The second-order valence-corrected chi connectivity index (χ2v) is 3.55. The zero-order valence-corrected chi connectivity index (χ0v) is 9.09. The van der Waals surface area contributed by atoms with Gasteiger partial charge < -0.3 is 25.4 Å². The number of nitrogens with two attached hydrogens (primary N) is 1. The van der Waals surface area contributed by atoms with Crippen molar-refractivity contribution in [3.8, 4) is 0 Å². The highest BCUT2D eigenvalue weighted by atomic mass is 16.5. The molecule has 7 nitrogen and oxygen atoms in total. The monoisotopic (exact) mass is 231 g/mol. The lowest BCUT2D eigenvalue weighted by atomic mass is 10.4. The van der Waals surface area contributed by atoms with E-state index in [1.54, 1.807) is 0 Å². The first-order valence-corrected chi connectivity index (χ1v) is 5.16. The number of hydrogen-bond donors (Lipinski definition) is 2. The highest BCUT2D eigenvalue weighted by molar-refractivity contribution is 5.83. The molecule has 16 heavy (non-hydrogen) atoms. The Morgan fingerprint density at radius 2 is 2.25 bits per heavy atom. The fourth-order valence-electron chi connectivity index (χ4n) is 1.50. The largest absolute Gasteiger partial charge is 0.395 e. The number of aliphatic hydroxyl groups excluding tert-OH is 1. The summed E-state index contributed by atoms with van der Waals surface area (Å²) in [5, 5.41) is 8.80. The minimum Gasteiger partial charge on any atom is -0.395 e. The molecule has 3 amide bonds. The van der Waals surface area contributed by atoms with Gasteiger partial charge in [-0.2, -0.15) is 0 Å². The molecule has 0 radical (unpaired) electrons. The summed E-state index contributed by atoms with van der Waals surface area (Å²) in [4.78, 5) is 25.4. The van der Waals surface area contributed by atoms with Gasteiger partial charge in [0, 0.05) is 13.1 Å². The maximum absolute atomic E-state index is 11.9. The number of hydrogen-bond acceptors (Lipinski definition) is 4. The molecule has 1 aliphatic heterocycles. The molecule has 0 saturated carbocycles. The van der Waals surface area contributed by atoms with E-state index in [0.717, 1.165) is 6.42 Å². The molecule has 0 aromatic heterocycles. The summed E-state index contributed by atoms with van der Waals surface area (Å²) in [7, 11) is 0. The standard InChI is InChI=1S/C9H17N3O4/c10-8(14)6-11(3-4-13)9(15)12-2-1-5-16-7-12/h13H,1-7H2,(H2,10,14). The van der Waals surface area contributed by atoms with Crippen LogP contribution in [0.1, 0.15) is 6.42 Å². The van der Waals surface area contributed by atoms with Crippen LogP contribution in [-0.2, 0) is 9.53 Å². The molecule has 1 fully saturated rings. The highest BCUT2D eigenvalue weighted by Crippen LogP contribution is 2.05. The molecule has 0 aromatic rings. The smallest absolute Gasteiger partial charge is 0.322 e. The highest BCUT2D eigenvalue weighted by Gasteiger charge is 2.23. The van der Waals surface area contributed by atoms with E-state index < -0.39 is 5.91 Å². The Morgan fingerprint density at radius 3 is 2.75 bits per heavy atom. The van der Waals surface area contributed by atoms with Gasteiger partial charge in [0.25, 0.3) is 0 Å². The van der Waals surface area contributed by atoms with Gasteiger partial charge in [-0.1, -0.05) is 0 Å². The summed E-state index contributed by atoms with van der Waals surface area (Å²) in [6, 6.07) is -0.326. The summed E-state index contributed by atoms with van der Waals surface area (Å²) in [5.41, 5.74) is 5.03. The van der Waals surface area contributed by atoms with Gasteiger partial charge in [-0.05, 0) is 6.42 Å². The minimum atomic E-state index is -0.597. The molecule has 1 rings (SSSR count).